The number of carbonyl (C=O) groups is 1. The zero-order valence-corrected chi connectivity index (χ0v) is 15.5. The van der Waals surface area contributed by atoms with Crippen molar-refractivity contribution in [3.05, 3.63) is 70.1 Å². The number of rotatable bonds is 4. The summed E-state index contributed by atoms with van der Waals surface area (Å²) >= 11 is 6.26. The molecule has 27 heavy (non-hydrogen) atoms. The van der Waals surface area contributed by atoms with E-state index in [-0.39, 0.29) is 18.1 Å². The maximum atomic E-state index is 13.1. The first-order valence-corrected chi connectivity index (χ1v) is 9.31. The smallest absolute Gasteiger partial charge is 0.341 e. The third kappa shape index (κ3) is 3.40. The average Bonchev–Trinajstić information content (AvgIpc) is 3.33. The molecule has 1 aromatic heterocycles. The Morgan fingerprint density at radius 1 is 1.00 bits per heavy atom. The van der Waals surface area contributed by atoms with Crippen LogP contribution in [0.5, 0.6) is 0 Å². The summed E-state index contributed by atoms with van der Waals surface area (Å²) in [6, 6.07) is 16.4. The van der Waals surface area contributed by atoms with Crippen molar-refractivity contribution in [1.82, 2.24) is 19.2 Å². The van der Waals surface area contributed by atoms with E-state index >= 15 is 0 Å². The Labute approximate surface area is 161 Å². The highest BCUT2D eigenvalue weighted by Crippen LogP contribution is 2.21. The topological polar surface area (TPSA) is 60.1 Å². The molecule has 0 N–H and O–H groups in total. The van der Waals surface area contributed by atoms with Gasteiger partial charge in [0, 0.05) is 18.7 Å². The van der Waals surface area contributed by atoms with Gasteiger partial charge in [-0.15, -0.1) is 5.10 Å². The Morgan fingerprint density at radius 2 is 1.67 bits per heavy atom. The molecule has 1 amide bonds. The molecule has 0 aliphatic carbocycles. The van der Waals surface area contributed by atoms with Crippen LogP contribution in [0.3, 0.4) is 0 Å². The van der Waals surface area contributed by atoms with Crippen molar-refractivity contribution in [2.24, 2.45) is 0 Å². The van der Waals surface area contributed by atoms with E-state index in [2.05, 4.69) is 5.10 Å². The predicted octanol–water partition coefficient (Wildman–Crippen LogP) is 2.98. The van der Waals surface area contributed by atoms with E-state index in [0.717, 1.165) is 31.5 Å². The van der Waals surface area contributed by atoms with Gasteiger partial charge in [0.15, 0.2) is 5.82 Å². The number of para-hydroxylation sites is 1. The lowest BCUT2D eigenvalue weighted by molar-refractivity contribution is -0.130. The third-order valence-electron chi connectivity index (χ3n) is 4.73. The molecule has 138 valence electrons. The van der Waals surface area contributed by atoms with Gasteiger partial charge in [0.05, 0.1) is 10.7 Å². The Kier molecular flexibility index (Phi) is 4.81. The van der Waals surface area contributed by atoms with Gasteiger partial charge in [-0.05, 0) is 25.0 Å². The number of benzene rings is 2. The van der Waals surface area contributed by atoms with Crippen LogP contribution in [0.25, 0.3) is 17.1 Å². The van der Waals surface area contributed by atoms with Gasteiger partial charge in [-0.2, -0.15) is 4.68 Å². The van der Waals surface area contributed by atoms with Gasteiger partial charge in [-0.1, -0.05) is 54.1 Å². The Hall–Kier alpha value is -2.86. The summed E-state index contributed by atoms with van der Waals surface area (Å²) in [6.07, 6.45) is 2.01. The molecule has 0 atom stereocenters. The summed E-state index contributed by atoms with van der Waals surface area (Å²) in [5, 5.41) is 4.93. The molecule has 1 aliphatic heterocycles. The Balaban J connectivity index is 1.81. The second-order valence-corrected chi connectivity index (χ2v) is 6.92. The minimum atomic E-state index is -0.380. The molecule has 2 aromatic carbocycles. The number of carbonyl (C=O) groups excluding carboxylic acids is 1. The number of nitrogens with zero attached hydrogens (tertiary/aromatic N) is 4. The van der Waals surface area contributed by atoms with Crippen LogP contribution >= 0.6 is 11.6 Å². The van der Waals surface area contributed by atoms with Gasteiger partial charge < -0.3 is 4.90 Å². The number of likely N-dealkylation sites (tertiary alicyclic amines) is 1. The molecule has 3 aromatic rings. The quantitative estimate of drug-likeness (QED) is 0.697. The van der Waals surface area contributed by atoms with Gasteiger partial charge in [0.2, 0.25) is 5.91 Å². The summed E-state index contributed by atoms with van der Waals surface area (Å²) in [4.78, 5) is 27.6. The van der Waals surface area contributed by atoms with Crippen LogP contribution in [0.1, 0.15) is 12.8 Å². The molecular weight excluding hydrogens is 364 g/mol. The van der Waals surface area contributed by atoms with E-state index in [1.807, 2.05) is 30.3 Å². The summed E-state index contributed by atoms with van der Waals surface area (Å²) in [7, 11) is 0. The molecule has 7 heteroatoms. The molecule has 2 heterocycles. The molecule has 6 nitrogen and oxygen atoms in total. The number of hydrogen-bond donors (Lipinski definition) is 0. The lowest BCUT2D eigenvalue weighted by Crippen LogP contribution is -2.35. The largest absolute Gasteiger partial charge is 0.351 e. The first-order valence-electron chi connectivity index (χ1n) is 8.93. The van der Waals surface area contributed by atoms with Crippen molar-refractivity contribution >= 4 is 17.5 Å². The molecule has 4 rings (SSSR count). The van der Waals surface area contributed by atoms with Crippen LogP contribution in [-0.4, -0.2) is 38.2 Å². The number of aromatic nitrogens is 3. The van der Waals surface area contributed by atoms with Crippen LogP contribution < -0.4 is 5.69 Å². The number of halogens is 1. The van der Waals surface area contributed by atoms with E-state index < -0.39 is 0 Å². The normalized spacial score (nSPS) is 13.9. The molecular formula is C20H19ClN4O2. The van der Waals surface area contributed by atoms with E-state index in [1.165, 1.54) is 9.25 Å². The second-order valence-electron chi connectivity index (χ2n) is 6.51. The van der Waals surface area contributed by atoms with Crippen molar-refractivity contribution in [3.63, 3.8) is 0 Å². The fourth-order valence-corrected chi connectivity index (χ4v) is 3.54. The zero-order valence-electron chi connectivity index (χ0n) is 14.7. The average molecular weight is 383 g/mol. The standard InChI is InChI=1S/C20H19ClN4O2/c21-16-10-4-5-11-17(16)25-20(27)24(14-18(26)23-12-6-7-13-23)19(22-25)15-8-2-1-3-9-15/h1-5,8-11H,6-7,12-14H2. The summed E-state index contributed by atoms with van der Waals surface area (Å²) in [5.41, 5.74) is 0.887. The highest BCUT2D eigenvalue weighted by atomic mass is 35.5. The fraction of sp³-hybridized carbons (Fsp3) is 0.250. The number of amides is 1. The van der Waals surface area contributed by atoms with Gasteiger partial charge in [-0.3, -0.25) is 9.36 Å². The molecule has 0 unspecified atom stereocenters. The van der Waals surface area contributed by atoms with Crippen molar-refractivity contribution < 1.29 is 4.79 Å². The Bertz CT molecular complexity index is 1020. The van der Waals surface area contributed by atoms with E-state index in [9.17, 15) is 9.59 Å². The molecule has 1 fully saturated rings. The monoisotopic (exact) mass is 382 g/mol. The van der Waals surface area contributed by atoms with E-state index in [4.69, 9.17) is 11.6 Å². The second kappa shape index (κ2) is 7.40. The molecule has 1 saturated heterocycles. The van der Waals surface area contributed by atoms with Gasteiger partial charge in [-0.25, -0.2) is 4.79 Å². The Morgan fingerprint density at radius 3 is 2.37 bits per heavy atom. The van der Waals surface area contributed by atoms with Gasteiger partial charge >= 0.3 is 5.69 Å². The molecule has 0 saturated carbocycles. The van der Waals surface area contributed by atoms with E-state index in [1.54, 1.807) is 29.2 Å². The first-order chi connectivity index (χ1) is 13.1. The van der Waals surface area contributed by atoms with Crippen molar-refractivity contribution in [1.29, 1.82) is 0 Å². The maximum absolute atomic E-state index is 13.1. The van der Waals surface area contributed by atoms with E-state index in [0.29, 0.717) is 16.5 Å². The highest BCUT2D eigenvalue weighted by Gasteiger charge is 2.23. The lowest BCUT2D eigenvalue weighted by Gasteiger charge is -2.15. The van der Waals surface area contributed by atoms with Gasteiger partial charge in [0.25, 0.3) is 0 Å². The van der Waals surface area contributed by atoms with Crippen molar-refractivity contribution in [3.8, 4) is 17.1 Å². The minimum Gasteiger partial charge on any atom is -0.341 e. The lowest BCUT2D eigenvalue weighted by atomic mass is 10.2. The molecule has 1 aliphatic rings. The van der Waals surface area contributed by atoms with Crippen molar-refractivity contribution in [2.45, 2.75) is 19.4 Å². The van der Waals surface area contributed by atoms with Crippen molar-refractivity contribution in [2.75, 3.05) is 13.1 Å². The minimum absolute atomic E-state index is 0.0342. The molecule has 0 spiro atoms. The van der Waals surface area contributed by atoms with Crippen LogP contribution in [0.15, 0.2) is 59.4 Å². The van der Waals surface area contributed by atoms with Crippen LogP contribution in [0.2, 0.25) is 5.02 Å². The molecule has 0 bridgehead atoms. The van der Waals surface area contributed by atoms with Crippen LogP contribution in [-0.2, 0) is 11.3 Å². The summed E-state index contributed by atoms with van der Waals surface area (Å²) in [5.74, 6) is 0.388. The van der Waals surface area contributed by atoms with Crippen LogP contribution in [0.4, 0.5) is 0 Å². The first kappa shape index (κ1) is 17.5. The highest BCUT2D eigenvalue weighted by molar-refractivity contribution is 6.32. The predicted molar refractivity (Wildman–Crippen MR) is 104 cm³/mol. The SMILES string of the molecule is O=C(Cn1c(-c2ccccc2)nn(-c2ccccc2Cl)c1=O)N1CCCC1. The van der Waals surface area contributed by atoms with Crippen LogP contribution in [0, 0.1) is 0 Å². The summed E-state index contributed by atoms with van der Waals surface area (Å²) < 4.78 is 2.70. The van der Waals surface area contributed by atoms with Gasteiger partial charge in [0.1, 0.15) is 6.54 Å². The summed E-state index contributed by atoms with van der Waals surface area (Å²) in [6.45, 7) is 1.45. The third-order valence-corrected chi connectivity index (χ3v) is 5.05. The fourth-order valence-electron chi connectivity index (χ4n) is 3.32. The zero-order chi connectivity index (χ0) is 18.8. The maximum Gasteiger partial charge on any atom is 0.351 e. The molecule has 0 radical (unpaired) electrons. The number of hydrogen-bond acceptors (Lipinski definition) is 3.